The number of nitrogens with one attached hydrogen (secondary N) is 1. The summed E-state index contributed by atoms with van der Waals surface area (Å²) in [4.78, 5) is 25.8. The fourth-order valence-electron chi connectivity index (χ4n) is 2.25. The predicted octanol–water partition coefficient (Wildman–Crippen LogP) is 3.39. The van der Waals surface area contributed by atoms with Gasteiger partial charge in [0.25, 0.3) is 5.91 Å². The first-order valence-electron chi connectivity index (χ1n) is 7.51. The van der Waals surface area contributed by atoms with Crippen LogP contribution >= 0.6 is 23.2 Å². The van der Waals surface area contributed by atoms with E-state index in [1.165, 1.54) is 4.90 Å². The van der Waals surface area contributed by atoms with Gasteiger partial charge in [-0.15, -0.1) is 0 Å². The van der Waals surface area contributed by atoms with Crippen LogP contribution < -0.4 is 10.1 Å². The number of amides is 2. The third-order valence-corrected chi connectivity index (χ3v) is 4.16. The Morgan fingerprint density at radius 2 is 1.88 bits per heavy atom. The molecule has 0 aromatic heterocycles. The van der Waals surface area contributed by atoms with Crippen LogP contribution in [0.25, 0.3) is 0 Å². The van der Waals surface area contributed by atoms with Crippen LogP contribution in [-0.2, 0) is 11.3 Å². The standard InChI is InChI=1S/C18H18Cl2N2O3/c1-22(11-12-9-13(19)7-8-16(12)25-2)17(23)10-21-18(24)14-5-3-4-6-15(14)20/h3-9H,10-11H2,1-2H3,(H,21,24). The number of nitrogens with zero attached hydrogens (tertiary/aromatic N) is 1. The highest BCUT2D eigenvalue weighted by Crippen LogP contribution is 2.23. The van der Waals surface area contributed by atoms with E-state index in [4.69, 9.17) is 27.9 Å². The molecule has 0 aliphatic carbocycles. The molecule has 132 valence electrons. The van der Waals surface area contributed by atoms with Gasteiger partial charge < -0.3 is 15.0 Å². The van der Waals surface area contributed by atoms with Crippen LogP contribution in [0, 0.1) is 0 Å². The smallest absolute Gasteiger partial charge is 0.253 e. The van der Waals surface area contributed by atoms with E-state index in [1.807, 2.05) is 0 Å². The highest BCUT2D eigenvalue weighted by molar-refractivity contribution is 6.33. The highest BCUT2D eigenvalue weighted by Gasteiger charge is 2.15. The second kappa shape index (κ2) is 8.74. The van der Waals surface area contributed by atoms with Crippen LogP contribution in [0.3, 0.4) is 0 Å². The summed E-state index contributed by atoms with van der Waals surface area (Å²) in [5.41, 5.74) is 1.11. The molecule has 25 heavy (non-hydrogen) atoms. The third kappa shape index (κ3) is 5.11. The third-order valence-electron chi connectivity index (χ3n) is 3.59. The molecule has 0 heterocycles. The molecule has 0 fully saturated rings. The molecule has 2 aromatic carbocycles. The van der Waals surface area contributed by atoms with Gasteiger partial charge >= 0.3 is 0 Å². The van der Waals surface area contributed by atoms with E-state index < -0.39 is 5.91 Å². The first-order valence-corrected chi connectivity index (χ1v) is 8.27. The normalized spacial score (nSPS) is 10.2. The summed E-state index contributed by atoms with van der Waals surface area (Å²) in [6, 6.07) is 11.9. The molecule has 0 aliphatic heterocycles. The van der Waals surface area contributed by atoms with Crippen LogP contribution in [0.1, 0.15) is 15.9 Å². The zero-order valence-corrected chi connectivity index (χ0v) is 15.4. The van der Waals surface area contributed by atoms with Crippen LogP contribution in [0.15, 0.2) is 42.5 Å². The van der Waals surface area contributed by atoms with Crippen molar-refractivity contribution in [1.29, 1.82) is 0 Å². The topological polar surface area (TPSA) is 58.6 Å². The van der Waals surface area contributed by atoms with Gasteiger partial charge in [0.2, 0.25) is 5.91 Å². The van der Waals surface area contributed by atoms with Crippen molar-refractivity contribution in [1.82, 2.24) is 10.2 Å². The summed E-state index contributed by atoms with van der Waals surface area (Å²) < 4.78 is 5.27. The molecule has 0 spiro atoms. The quantitative estimate of drug-likeness (QED) is 0.835. The lowest BCUT2D eigenvalue weighted by Crippen LogP contribution is -2.38. The van der Waals surface area contributed by atoms with E-state index >= 15 is 0 Å². The first-order chi connectivity index (χ1) is 11.9. The van der Waals surface area contributed by atoms with E-state index in [-0.39, 0.29) is 12.5 Å². The second-order valence-corrected chi connectivity index (χ2v) is 6.21. The number of carbonyl (C=O) groups excluding carboxylic acids is 2. The van der Waals surface area contributed by atoms with Gasteiger partial charge in [-0.25, -0.2) is 0 Å². The van der Waals surface area contributed by atoms with E-state index in [1.54, 1.807) is 56.6 Å². The van der Waals surface area contributed by atoms with Gasteiger partial charge in [0.15, 0.2) is 0 Å². The van der Waals surface area contributed by atoms with Gasteiger partial charge in [0.1, 0.15) is 5.75 Å². The average Bonchev–Trinajstić information content (AvgIpc) is 2.60. The Balaban J connectivity index is 1.96. The fraction of sp³-hybridized carbons (Fsp3) is 0.222. The molecule has 1 N–H and O–H groups in total. The zero-order valence-electron chi connectivity index (χ0n) is 13.9. The van der Waals surface area contributed by atoms with Gasteiger partial charge in [-0.1, -0.05) is 35.3 Å². The molecule has 0 atom stereocenters. The Morgan fingerprint density at radius 1 is 1.16 bits per heavy atom. The van der Waals surface area contributed by atoms with Gasteiger partial charge in [-0.3, -0.25) is 9.59 Å². The fourth-order valence-corrected chi connectivity index (χ4v) is 2.66. The lowest BCUT2D eigenvalue weighted by Gasteiger charge is -2.19. The van der Waals surface area contributed by atoms with Crippen molar-refractivity contribution in [3.05, 3.63) is 63.6 Å². The average molecular weight is 381 g/mol. The van der Waals surface area contributed by atoms with Crippen molar-refractivity contribution in [2.45, 2.75) is 6.54 Å². The van der Waals surface area contributed by atoms with E-state index in [0.717, 1.165) is 5.56 Å². The molecule has 7 heteroatoms. The number of benzene rings is 2. The van der Waals surface area contributed by atoms with Crippen LogP contribution in [0.4, 0.5) is 0 Å². The molecular weight excluding hydrogens is 363 g/mol. The van der Waals surface area contributed by atoms with Gasteiger partial charge in [-0.05, 0) is 30.3 Å². The molecule has 0 aliphatic rings. The van der Waals surface area contributed by atoms with Gasteiger partial charge in [-0.2, -0.15) is 0 Å². The number of methoxy groups -OCH3 is 1. The van der Waals surface area contributed by atoms with Crippen molar-refractivity contribution >= 4 is 35.0 Å². The molecule has 0 unspecified atom stereocenters. The number of likely N-dealkylation sites (N-methyl/N-ethyl adjacent to an activating group) is 1. The number of hydrogen-bond donors (Lipinski definition) is 1. The minimum absolute atomic E-state index is 0.135. The van der Waals surface area contributed by atoms with Crippen LogP contribution in [0.2, 0.25) is 10.0 Å². The molecule has 0 saturated carbocycles. The minimum Gasteiger partial charge on any atom is -0.496 e. The minimum atomic E-state index is -0.396. The number of hydrogen-bond acceptors (Lipinski definition) is 3. The maximum absolute atomic E-state index is 12.3. The number of rotatable bonds is 6. The Morgan fingerprint density at radius 3 is 2.56 bits per heavy atom. The summed E-state index contributed by atoms with van der Waals surface area (Å²) in [6.45, 7) is 0.175. The molecule has 0 saturated heterocycles. The maximum atomic E-state index is 12.3. The molecule has 0 radical (unpaired) electrons. The van der Waals surface area contributed by atoms with Crippen molar-refractivity contribution < 1.29 is 14.3 Å². The predicted molar refractivity (Wildman–Crippen MR) is 98.3 cm³/mol. The summed E-state index contributed by atoms with van der Waals surface area (Å²) in [7, 11) is 3.20. The summed E-state index contributed by atoms with van der Waals surface area (Å²) in [5.74, 6) is -0.000675. The zero-order chi connectivity index (χ0) is 18.4. The monoisotopic (exact) mass is 380 g/mol. The molecule has 5 nitrogen and oxygen atoms in total. The van der Waals surface area contributed by atoms with Crippen molar-refractivity contribution in [3.8, 4) is 5.75 Å². The van der Waals surface area contributed by atoms with Crippen molar-refractivity contribution in [3.63, 3.8) is 0 Å². The maximum Gasteiger partial charge on any atom is 0.253 e. The van der Waals surface area contributed by atoms with E-state index in [2.05, 4.69) is 5.32 Å². The number of carbonyl (C=O) groups is 2. The SMILES string of the molecule is COc1ccc(Cl)cc1CN(C)C(=O)CNC(=O)c1ccccc1Cl. The largest absolute Gasteiger partial charge is 0.496 e. The Kier molecular flexibility index (Phi) is 6.67. The van der Waals surface area contributed by atoms with E-state index in [0.29, 0.717) is 27.9 Å². The summed E-state index contributed by atoms with van der Waals surface area (Å²) >= 11 is 12.0. The lowest BCUT2D eigenvalue weighted by molar-refractivity contribution is -0.129. The molecule has 2 rings (SSSR count). The Labute approximate surface area is 156 Å². The molecule has 2 amide bonds. The van der Waals surface area contributed by atoms with Crippen molar-refractivity contribution in [2.75, 3.05) is 20.7 Å². The first kappa shape index (κ1) is 19.1. The second-order valence-electron chi connectivity index (χ2n) is 5.37. The molecule has 2 aromatic rings. The number of ether oxygens (including phenoxy) is 1. The lowest BCUT2D eigenvalue weighted by atomic mass is 10.2. The molecule has 0 bridgehead atoms. The number of halogens is 2. The van der Waals surface area contributed by atoms with Crippen LogP contribution in [-0.4, -0.2) is 37.4 Å². The Hall–Kier alpha value is -2.24. The van der Waals surface area contributed by atoms with Gasteiger partial charge in [0.05, 0.1) is 24.2 Å². The van der Waals surface area contributed by atoms with Crippen LogP contribution in [0.5, 0.6) is 5.75 Å². The van der Waals surface area contributed by atoms with Gasteiger partial charge in [0, 0.05) is 24.2 Å². The van der Waals surface area contributed by atoms with Crippen molar-refractivity contribution in [2.24, 2.45) is 0 Å². The summed E-state index contributed by atoms with van der Waals surface area (Å²) in [6.07, 6.45) is 0. The van der Waals surface area contributed by atoms with E-state index in [9.17, 15) is 9.59 Å². The summed E-state index contributed by atoms with van der Waals surface area (Å²) in [5, 5.41) is 3.47. The highest BCUT2D eigenvalue weighted by atomic mass is 35.5. The molecular formula is C18H18Cl2N2O3. The Bertz CT molecular complexity index is 781.